The molecule has 106 valence electrons. The minimum atomic E-state index is -0.672. The lowest BCUT2D eigenvalue weighted by atomic mass is 10.00. The number of aryl methyl sites for hydroxylation is 1. The molecular formula is C17H17N3O. The van der Waals surface area contributed by atoms with Crippen molar-refractivity contribution in [2.24, 2.45) is 5.92 Å². The van der Waals surface area contributed by atoms with Gasteiger partial charge in [0, 0.05) is 18.9 Å². The topological polar surface area (TPSA) is 65.8 Å². The molecule has 1 amide bonds. The fourth-order valence-electron chi connectivity index (χ4n) is 2.05. The summed E-state index contributed by atoms with van der Waals surface area (Å²) in [5.41, 5.74) is 3.02. The zero-order valence-corrected chi connectivity index (χ0v) is 11.9. The van der Waals surface area contributed by atoms with E-state index in [1.54, 1.807) is 12.4 Å². The molecule has 1 aromatic carbocycles. The van der Waals surface area contributed by atoms with Crippen LogP contribution in [-0.4, -0.2) is 10.9 Å². The minimum absolute atomic E-state index is 0.238. The molecule has 4 heteroatoms. The fourth-order valence-corrected chi connectivity index (χ4v) is 2.05. The Bertz CT molecular complexity index is 647. The number of benzene rings is 1. The van der Waals surface area contributed by atoms with Crippen LogP contribution in [0.25, 0.3) is 0 Å². The Morgan fingerprint density at radius 2 is 2.10 bits per heavy atom. The van der Waals surface area contributed by atoms with Gasteiger partial charge in [-0.15, -0.1) is 0 Å². The van der Waals surface area contributed by atoms with Crippen LogP contribution < -0.4 is 5.32 Å². The van der Waals surface area contributed by atoms with Gasteiger partial charge >= 0.3 is 0 Å². The molecule has 4 nitrogen and oxygen atoms in total. The van der Waals surface area contributed by atoms with E-state index in [1.807, 2.05) is 43.3 Å². The number of amides is 1. The largest absolute Gasteiger partial charge is 0.351 e. The quantitative estimate of drug-likeness (QED) is 0.914. The van der Waals surface area contributed by atoms with Gasteiger partial charge in [0.25, 0.3) is 0 Å². The monoisotopic (exact) mass is 279 g/mol. The van der Waals surface area contributed by atoms with Crippen molar-refractivity contribution in [3.05, 3.63) is 65.5 Å². The lowest BCUT2D eigenvalue weighted by Crippen LogP contribution is -2.31. The molecule has 0 aliphatic heterocycles. The van der Waals surface area contributed by atoms with Crippen LogP contribution in [0.4, 0.5) is 0 Å². The first kappa shape index (κ1) is 14.7. The van der Waals surface area contributed by atoms with Crippen molar-refractivity contribution in [1.29, 1.82) is 5.26 Å². The van der Waals surface area contributed by atoms with Gasteiger partial charge in [0.1, 0.15) is 5.92 Å². The third-order valence-corrected chi connectivity index (χ3v) is 3.34. The Morgan fingerprint density at radius 1 is 1.33 bits per heavy atom. The van der Waals surface area contributed by atoms with Crippen molar-refractivity contribution >= 4 is 5.91 Å². The Morgan fingerprint density at radius 3 is 2.76 bits per heavy atom. The second kappa shape index (κ2) is 7.20. The van der Waals surface area contributed by atoms with Gasteiger partial charge in [-0.05, 0) is 36.1 Å². The van der Waals surface area contributed by atoms with Gasteiger partial charge in [-0.3, -0.25) is 9.78 Å². The van der Waals surface area contributed by atoms with E-state index >= 15 is 0 Å². The molecule has 2 rings (SSSR count). The van der Waals surface area contributed by atoms with Crippen molar-refractivity contribution in [2.75, 3.05) is 0 Å². The van der Waals surface area contributed by atoms with E-state index in [0.717, 1.165) is 16.7 Å². The molecule has 1 unspecified atom stereocenters. The van der Waals surface area contributed by atoms with Gasteiger partial charge in [0.15, 0.2) is 0 Å². The molecule has 1 aromatic heterocycles. The van der Waals surface area contributed by atoms with E-state index < -0.39 is 5.92 Å². The van der Waals surface area contributed by atoms with Gasteiger partial charge in [-0.1, -0.05) is 30.3 Å². The lowest BCUT2D eigenvalue weighted by Gasteiger charge is -2.11. The first-order chi connectivity index (χ1) is 10.2. The van der Waals surface area contributed by atoms with Crippen LogP contribution >= 0.6 is 0 Å². The van der Waals surface area contributed by atoms with Crippen molar-refractivity contribution in [3.63, 3.8) is 0 Å². The number of nitrogens with one attached hydrogen (secondary N) is 1. The normalized spacial score (nSPS) is 11.4. The molecule has 1 atom stereocenters. The highest BCUT2D eigenvalue weighted by atomic mass is 16.1. The van der Waals surface area contributed by atoms with Gasteiger partial charge in [-0.2, -0.15) is 5.26 Å². The summed E-state index contributed by atoms with van der Waals surface area (Å²) in [5.74, 6) is -0.910. The summed E-state index contributed by atoms with van der Waals surface area (Å²) in [4.78, 5) is 16.1. The molecule has 1 heterocycles. The molecule has 0 radical (unpaired) electrons. The number of nitriles is 1. The van der Waals surface area contributed by atoms with Gasteiger partial charge in [-0.25, -0.2) is 0 Å². The average Bonchev–Trinajstić information content (AvgIpc) is 2.52. The molecule has 0 spiro atoms. The molecule has 0 bridgehead atoms. The summed E-state index contributed by atoms with van der Waals surface area (Å²) in [7, 11) is 0. The van der Waals surface area contributed by atoms with Crippen LogP contribution in [-0.2, 0) is 17.8 Å². The van der Waals surface area contributed by atoms with Crippen molar-refractivity contribution in [2.45, 2.75) is 19.9 Å². The van der Waals surface area contributed by atoms with Crippen LogP contribution in [0.3, 0.4) is 0 Å². The Balaban J connectivity index is 1.95. The van der Waals surface area contributed by atoms with Crippen molar-refractivity contribution in [1.82, 2.24) is 10.3 Å². The van der Waals surface area contributed by atoms with Gasteiger partial charge in [0.2, 0.25) is 5.91 Å². The molecule has 0 aliphatic rings. The van der Waals surface area contributed by atoms with E-state index in [9.17, 15) is 10.1 Å². The molecule has 21 heavy (non-hydrogen) atoms. The second-order valence-corrected chi connectivity index (χ2v) is 4.89. The highest BCUT2D eigenvalue weighted by Crippen LogP contribution is 2.09. The molecule has 0 saturated heterocycles. The average molecular weight is 279 g/mol. The number of nitrogens with zero attached hydrogens (tertiary/aromatic N) is 2. The lowest BCUT2D eigenvalue weighted by molar-refractivity contribution is -0.123. The smallest absolute Gasteiger partial charge is 0.237 e. The number of aromatic nitrogens is 1. The summed E-state index contributed by atoms with van der Waals surface area (Å²) >= 11 is 0. The molecule has 0 fully saturated rings. The summed E-state index contributed by atoms with van der Waals surface area (Å²) < 4.78 is 0. The van der Waals surface area contributed by atoms with E-state index in [2.05, 4.69) is 16.4 Å². The fraction of sp³-hybridized carbons (Fsp3) is 0.235. The number of carbonyl (C=O) groups is 1. The summed E-state index contributed by atoms with van der Waals surface area (Å²) in [6.07, 6.45) is 3.88. The van der Waals surface area contributed by atoms with Crippen LogP contribution in [0.1, 0.15) is 16.7 Å². The SMILES string of the molecule is Cc1cnccc1CNC(=O)C(C#N)Cc1ccccc1. The maximum Gasteiger partial charge on any atom is 0.237 e. The Labute approximate surface area is 124 Å². The van der Waals surface area contributed by atoms with Crippen molar-refractivity contribution in [3.8, 4) is 6.07 Å². The summed E-state index contributed by atoms with van der Waals surface area (Å²) in [6.45, 7) is 2.36. The zero-order chi connectivity index (χ0) is 15.1. The first-order valence-electron chi connectivity index (χ1n) is 6.81. The zero-order valence-electron chi connectivity index (χ0n) is 11.9. The predicted octanol–water partition coefficient (Wildman–Crippen LogP) is 2.39. The van der Waals surface area contributed by atoms with Gasteiger partial charge < -0.3 is 5.32 Å². The molecule has 0 saturated carbocycles. The van der Waals surface area contributed by atoms with Crippen LogP contribution in [0, 0.1) is 24.2 Å². The minimum Gasteiger partial charge on any atom is -0.351 e. The second-order valence-electron chi connectivity index (χ2n) is 4.89. The Hall–Kier alpha value is -2.67. The number of pyridine rings is 1. The predicted molar refractivity (Wildman–Crippen MR) is 80.1 cm³/mol. The van der Waals surface area contributed by atoms with Crippen LogP contribution in [0.5, 0.6) is 0 Å². The van der Waals surface area contributed by atoms with Crippen LogP contribution in [0.15, 0.2) is 48.8 Å². The molecule has 0 aliphatic carbocycles. The summed E-state index contributed by atoms with van der Waals surface area (Å²) in [5, 5.41) is 12.0. The van der Waals surface area contributed by atoms with E-state index in [-0.39, 0.29) is 5.91 Å². The number of carbonyl (C=O) groups excluding carboxylic acids is 1. The number of rotatable bonds is 5. The third kappa shape index (κ3) is 4.15. The molecule has 2 aromatic rings. The highest BCUT2D eigenvalue weighted by Gasteiger charge is 2.18. The standard InChI is InChI=1S/C17H17N3O/c1-13-11-19-8-7-15(13)12-20-17(21)16(10-18)9-14-5-3-2-4-6-14/h2-8,11,16H,9,12H2,1H3,(H,20,21). The van der Waals surface area contributed by atoms with E-state index in [0.29, 0.717) is 13.0 Å². The van der Waals surface area contributed by atoms with Crippen LogP contribution in [0.2, 0.25) is 0 Å². The Kier molecular flexibility index (Phi) is 5.05. The first-order valence-corrected chi connectivity index (χ1v) is 6.81. The van der Waals surface area contributed by atoms with Gasteiger partial charge in [0.05, 0.1) is 6.07 Å². The number of hydrogen-bond donors (Lipinski definition) is 1. The highest BCUT2D eigenvalue weighted by molar-refractivity contribution is 5.81. The molecular weight excluding hydrogens is 262 g/mol. The van der Waals surface area contributed by atoms with Crippen molar-refractivity contribution < 1.29 is 4.79 Å². The maximum atomic E-state index is 12.1. The van der Waals surface area contributed by atoms with E-state index in [1.165, 1.54) is 0 Å². The summed E-state index contributed by atoms with van der Waals surface area (Å²) in [6, 6.07) is 13.5. The molecule has 1 N–H and O–H groups in total. The van der Waals surface area contributed by atoms with E-state index in [4.69, 9.17) is 0 Å². The third-order valence-electron chi connectivity index (χ3n) is 3.34. The maximum absolute atomic E-state index is 12.1. The number of hydrogen-bond acceptors (Lipinski definition) is 3.